The summed E-state index contributed by atoms with van der Waals surface area (Å²) in [6.07, 6.45) is 6.40. The lowest BCUT2D eigenvalue weighted by atomic mass is 10.2. The Hall–Kier alpha value is -1.24. The van der Waals surface area contributed by atoms with Crippen LogP contribution in [0.15, 0.2) is 30.3 Å². The molecule has 1 nitrogen and oxygen atoms in total. The first kappa shape index (κ1) is 10.8. The van der Waals surface area contributed by atoms with E-state index in [1.54, 1.807) is 0 Å². The molecule has 0 aliphatic rings. The van der Waals surface area contributed by atoms with Crippen LogP contribution in [-0.4, -0.2) is 6.61 Å². The normalized spacial score (nSPS) is 10.7. The first-order valence-corrected chi connectivity index (χ1v) is 5.22. The van der Waals surface area contributed by atoms with Crippen LogP contribution in [0.1, 0.15) is 32.3 Å². The van der Waals surface area contributed by atoms with Gasteiger partial charge in [0.25, 0.3) is 0 Å². The van der Waals surface area contributed by atoms with E-state index in [0.717, 1.165) is 18.8 Å². The third kappa shape index (κ3) is 3.65. The van der Waals surface area contributed by atoms with Crippen molar-refractivity contribution < 1.29 is 4.74 Å². The summed E-state index contributed by atoms with van der Waals surface area (Å²) in [6, 6.07) is 8.17. The first-order valence-electron chi connectivity index (χ1n) is 5.22. The van der Waals surface area contributed by atoms with E-state index in [9.17, 15) is 0 Å². The fourth-order valence-electron chi connectivity index (χ4n) is 1.23. The van der Waals surface area contributed by atoms with Gasteiger partial charge >= 0.3 is 0 Å². The molecule has 0 aliphatic carbocycles. The maximum atomic E-state index is 5.60. The maximum absolute atomic E-state index is 5.60. The van der Waals surface area contributed by atoms with Crippen molar-refractivity contribution in [1.29, 1.82) is 0 Å². The highest BCUT2D eigenvalue weighted by atomic mass is 16.5. The third-order valence-corrected chi connectivity index (χ3v) is 1.98. The van der Waals surface area contributed by atoms with Gasteiger partial charge in [-0.3, -0.25) is 0 Å². The highest BCUT2D eigenvalue weighted by molar-refractivity contribution is 5.51. The van der Waals surface area contributed by atoms with Crippen molar-refractivity contribution in [3.05, 3.63) is 35.9 Å². The van der Waals surface area contributed by atoms with Gasteiger partial charge in [0.15, 0.2) is 0 Å². The van der Waals surface area contributed by atoms with Crippen LogP contribution in [0.5, 0.6) is 5.75 Å². The molecule has 0 saturated carbocycles. The minimum atomic E-state index is 0.815. The molecule has 0 heterocycles. The van der Waals surface area contributed by atoms with E-state index < -0.39 is 0 Å². The molecular formula is C13H18O. The second-order valence-electron chi connectivity index (χ2n) is 3.27. The summed E-state index contributed by atoms with van der Waals surface area (Å²) < 4.78 is 5.60. The summed E-state index contributed by atoms with van der Waals surface area (Å²) in [5, 5.41) is 0. The van der Waals surface area contributed by atoms with E-state index in [0.29, 0.717) is 0 Å². The summed E-state index contributed by atoms with van der Waals surface area (Å²) in [4.78, 5) is 0. The smallest absolute Gasteiger partial charge is 0.119 e. The zero-order valence-electron chi connectivity index (χ0n) is 8.99. The molecule has 0 aromatic heterocycles. The van der Waals surface area contributed by atoms with Crippen LogP contribution >= 0.6 is 0 Å². The van der Waals surface area contributed by atoms with Gasteiger partial charge in [0.1, 0.15) is 5.75 Å². The van der Waals surface area contributed by atoms with Gasteiger partial charge in [-0.1, -0.05) is 37.6 Å². The lowest BCUT2D eigenvalue weighted by Crippen LogP contribution is -1.96. The van der Waals surface area contributed by atoms with E-state index in [2.05, 4.69) is 25.1 Å². The van der Waals surface area contributed by atoms with Crippen molar-refractivity contribution in [2.75, 3.05) is 6.61 Å². The lowest BCUT2D eigenvalue weighted by Gasteiger charge is -2.05. The van der Waals surface area contributed by atoms with Gasteiger partial charge in [0.2, 0.25) is 0 Å². The maximum Gasteiger partial charge on any atom is 0.119 e. The van der Waals surface area contributed by atoms with Gasteiger partial charge in [0, 0.05) is 0 Å². The average Bonchev–Trinajstić information content (AvgIpc) is 2.19. The summed E-state index contributed by atoms with van der Waals surface area (Å²) in [6.45, 7) is 5.00. The van der Waals surface area contributed by atoms with Crippen molar-refractivity contribution >= 4 is 6.08 Å². The lowest BCUT2D eigenvalue weighted by molar-refractivity contribution is 0.309. The Bertz CT molecular complexity index is 289. The molecule has 0 bridgehead atoms. The number of hydrogen-bond acceptors (Lipinski definition) is 1. The molecule has 0 saturated heterocycles. The van der Waals surface area contributed by atoms with Crippen molar-refractivity contribution in [2.45, 2.75) is 26.7 Å². The number of unbranched alkanes of at least 4 members (excludes halogenated alkanes) is 1. The van der Waals surface area contributed by atoms with E-state index in [-0.39, 0.29) is 0 Å². The molecule has 76 valence electrons. The highest BCUT2D eigenvalue weighted by Crippen LogP contribution is 2.14. The van der Waals surface area contributed by atoms with Gasteiger partial charge in [-0.15, -0.1) is 0 Å². The number of rotatable bonds is 5. The molecule has 14 heavy (non-hydrogen) atoms. The zero-order chi connectivity index (χ0) is 10.2. The Labute approximate surface area is 86.4 Å². The third-order valence-electron chi connectivity index (χ3n) is 1.98. The molecular weight excluding hydrogens is 172 g/mol. The fraction of sp³-hybridized carbons (Fsp3) is 0.385. The molecule has 1 heteroatoms. The van der Waals surface area contributed by atoms with Crippen LogP contribution in [0.2, 0.25) is 0 Å². The minimum Gasteiger partial charge on any atom is -0.494 e. The predicted molar refractivity (Wildman–Crippen MR) is 61.6 cm³/mol. The molecule has 0 fully saturated rings. The Morgan fingerprint density at radius 1 is 1.36 bits per heavy atom. The topological polar surface area (TPSA) is 9.23 Å². The van der Waals surface area contributed by atoms with Crippen molar-refractivity contribution in [3.63, 3.8) is 0 Å². The molecule has 0 amide bonds. The molecule has 0 radical (unpaired) electrons. The molecule has 1 aromatic carbocycles. The molecule has 0 atom stereocenters. The zero-order valence-corrected chi connectivity index (χ0v) is 8.99. The van der Waals surface area contributed by atoms with Crippen molar-refractivity contribution in [3.8, 4) is 5.75 Å². The molecule has 0 N–H and O–H groups in total. The predicted octanol–water partition coefficient (Wildman–Crippen LogP) is 3.90. The van der Waals surface area contributed by atoms with Gasteiger partial charge in [0.05, 0.1) is 6.61 Å². The number of benzene rings is 1. The molecule has 0 aliphatic heterocycles. The summed E-state index contributed by atoms with van der Waals surface area (Å²) in [5.74, 6) is 0.967. The molecule has 0 spiro atoms. The summed E-state index contributed by atoms with van der Waals surface area (Å²) >= 11 is 0. The van der Waals surface area contributed by atoms with Crippen LogP contribution in [0, 0.1) is 0 Å². The van der Waals surface area contributed by atoms with Gasteiger partial charge in [-0.25, -0.2) is 0 Å². The highest BCUT2D eigenvalue weighted by Gasteiger charge is 1.93. The molecule has 1 aromatic rings. The quantitative estimate of drug-likeness (QED) is 0.640. The van der Waals surface area contributed by atoms with Gasteiger partial charge in [-0.05, 0) is 31.0 Å². The summed E-state index contributed by atoms with van der Waals surface area (Å²) in [7, 11) is 0. The Morgan fingerprint density at radius 2 is 2.21 bits per heavy atom. The minimum absolute atomic E-state index is 0.815. The van der Waals surface area contributed by atoms with Crippen LogP contribution in [0.25, 0.3) is 6.08 Å². The van der Waals surface area contributed by atoms with Crippen molar-refractivity contribution in [1.82, 2.24) is 0 Å². The van der Waals surface area contributed by atoms with Crippen LogP contribution in [0.3, 0.4) is 0 Å². The Kier molecular flexibility index (Phi) is 4.84. The van der Waals surface area contributed by atoms with Gasteiger partial charge in [-0.2, -0.15) is 0 Å². The fourth-order valence-corrected chi connectivity index (χ4v) is 1.23. The van der Waals surface area contributed by atoms with E-state index in [4.69, 9.17) is 4.74 Å². The largest absolute Gasteiger partial charge is 0.494 e. The molecule has 0 unspecified atom stereocenters. The number of allylic oxidation sites excluding steroid dienone is 1. The van der Waals surface area contributed by atoms with Crippen LogP contribution < -0.4 is 4.74 Å². The average molecular weight is 190 g/mol. The SMILES string of the molecule is CC=Cc1cccc(OCCCC)c1. The van der Waals surface area contributed by atoms with E-state index in [1.807, 2.05) is 25.1 Å². The second kappa shape index (κ2) is 6.25. The monoisotopic (exact) mass is 190 g/mol. The van der Waals surface area contributed by atoms with Gasteiger partial charge < -0.3 is 4.74 Å². The van der Waals surface area contributed by atoms with Crippen LogP contribution in [0.4, 0.5) is 0 Å². The van der Waals surface area contributed by atoms with Crippen molar-refractivity contribution in [2.24, 2.45) is 0 Å². The van der Waals surface area contributed by atoms with E-state index in [1.165, 1.54) is 12.0 Å². The second-order valence-corrected chi connectivity index (χ2v) is 3.27. The number of hydrogen-bond donors (Lipinski definition) is 0. The summed E-state index contributed by atoms with van der Waals surface area (Å²) in [5.41, 5.74) is 1.20. The van der Waals surface area contributed by atoms with E-state index >= 15 is 0 Å². The first-order chi connectivity index (χ1) is 6.86. The Balaban J connectivity index is 2.54. The molecule has 1 rings (SSSR count). The number of ether oxygens (including phenoxy) is 1. The Morgan fingerprint density at radius 3 is 2.93 bits per heavy atom. The van der Waals surface area contributed by atoms with Crippen LogP contribution in [-0.2, 0) is 0 Å². The standard InChI is InChI=1S/C13H18O/c1-3-5-10-14-13-9-6-8-12(11-13)7-4-2/h4,6-9,11H,3,5,10H2,1-2H3.